The number of nitrogens with one attached hydrogen (secondary N) is 2. The molecule has 1 aliphatic heterocycles. The van der Waals surface area contributed by atoms with E-state index in [1.165, 1.54) is 6.08 Å². The van der Waals surface area contributed by atoms with Crippen molar-refractivity contribution >= 4 is 45.0 Å². The van der Waals surface area contributed by atoms with Gasteiger partial charge >= 0.3 is 0 Å². The third-order valence-corrected chi connectivity index (χ3v) is 4.52. The first-order valence-electron chi connectivity index (χ1n) is 8.11. The normalized spacial score (nSPS) is 13.6. The molecular weight excluding hydrogens is 414 g/mol. The molecule has 0 fully saturated rings. The van der Waals surface area contributed by atoms with E-state index in [0.29, 0.717) is 21.4 Å². The van der Waals surface area contributed by atoms with Gasteiger partial charge in [-0.1, -0.05) is 18.2 Å². The number of β-amino-alcohol motifs (C(OH)–C–C–N with tert-alkyl or cyclic N) is 1. The monoisotopic (exact) mass is 429 g/mol. The summed E-state index contributed by atoms with van der Waals surface area (Å²) in [5.41, 5.74) is 1.80. The van der Waals surface area contributed by atoms with Gasteiger partial charge in [-0.15, -0.1) is 0 Å². The Bertz CT molecular complexity index is 928. The number of hydrogen-bond acceptors (Lipinski definition) is 5. The number of imide groups is 1. The topological polar surface area (TPSA) is 98.7 Å². The van der Waals surface area contributed by atoms with Crippen LogP contribution in [-0.2, 0) is 9.59 Å². The van der Waals surface area contributed by atoms with Crippen molar-refractivity contribution in [1.82, 2.24) is 4.90 Å². The maximum atomic E-state index is 12.2. The zero-order chi connectivity index (χ0) is 19.4. The summed E-state index contributed by atoms with van der Waals surface area (Å²) in [6.07, 6.45) is 1.19. The first-order valence-corrected chi connectivity index (χ1v) is 8.90. The maximum Gasteiger partial charge on any atom is 0.277 e. The average Bonchev–Trinajstić information content (AvgIpc) is 2.92. The number of hydrogen-bond donors (Lipinski definition) is 3. The minimum atomic E-state index is -0.494. The lowest BCUT2D eigenvalue weighted by molar-refractivity contribution is -0.137. The van der Waals surface area contributed by atoms with Gasteiger partial charge in [-0.05, 0) is 46.3 Å². The van der Waals surface area contributed by atoms with E-state index < -0.39 is 11.8 Å². The van der Waals surface area contributed by atoms with E-state index in [1.54, 1.807) is 42.5 Å². The Morgan fingerprint density at radius 1 is 1.11 bits per heavy atom. The number of aliphatic hydroxyl groups excluding tert-OH is 1. The van der Waals surface area contributed by atoms with E-state index in [1.807, 2.05) is 6.07 Å². The van der Waals surface area contributed by atoms with Crippen LogP contribution in [0.5, 0.6) is 0 Å². The van der Waals surface area contributed by atoms with Gasteiger partial charge in [0, 0.05) is 21.8 Å². The molecule has 0 saturated carbocycles. The molecule has 0 spiro atoms. The predicted octanol–water partition coefficient (Wildman–Crippen LogP) is 2.36. The third kappa shape index (κ3) is 4.24. The molecule has 138 valence electrons. The number of nitrogens with zero attached hydrogens (tertiary/aromatic N) is 1. The summed E-state index contributed by atoms with van der Waals surface area (Å²) < 4.78 is 0.612. The number of amides is 3. The first kappa shape index (κ1) is 18.8. The highest BCUT2D eigenvalue weighted by Crippen LogP contribution is 2.28. The van der Waals surface area contributed by atoms with Crippen LogP contribution in [0.15, 0.2) is 64.8 Å². The molecule has 8 heteroatoms. The Labute approximate surface area is 163 Å². The smallest absolute Gasteiger partial charge is 0.277 e. The summed E-state index contributed by atoms with van der Waals surface area (Å²) in [5.74, 6) is -1.20. The largest absolute Gasteiger partial charge is 0.395 e. The number of halogens is 1. The van der Waals surface area contributed by atoms with Crippen molar-refractivity contribution in [1.29, 1.82) is 0 Å². The van der Waals surface area contributed by atoms with Crippen molar-refractivity contribution in [3.63, 3.8) is 0 Å². The number of carbonyl (C=O) groups is 3. The Balaban J connectivity index is 1.70. The molecule has 3 amide bonds. The Morgan fingerprint density at radius 3 is 2.52 bits per heavy atom. The first-order chi connectivity index (χ1) is 13.0. The van der Waals surface area contributed by atoms with E-state index in [0.717, 1.165) is 4.90 Å². The van der Waals surface area contributed by atoms with Crippen molar-refractivity contribution in [2.75, 3.05) is 23.8 Å². The van der Waals surface area contributed by atoms with Crippen molar-refractivity contribution in [3.05, 3.63) is 70.3 Å². The lowest BCUT2D eigenvalue weighted by atomic mass is 10.2. The molecule has 7 nitrogen and oxygen atoms in total. The molecule has 3 rings (SSSR count). The zero-order valence-corrected chi connectivity index (χ0v) is 15.7. The van der Waals surface area contributed by atoms with Gasteiger partial charge in [0.2, 0.25) is 0 Å². The molecule has 0 saturated heterocycles. The molecule has 2 aromatic rings. The molecule has 0 aliphatic carbocycles. The number of rotatable bonds is 6. The summed E-state index contributed by atoms with van der Waals surface area (Å²) >= 11 is 3.39. The molecule has 0 unspecified atom stereocenters. The summed E-state index contributed by atoms with van der Waals surface area (Å²) in [7, 11) is 0. The van der Waals surface area contributed by atoms with Gasteiger partial charge in [0.25, 0.3) is 17.7 Å². The highest BCUT2D eigenvalue weighted by molar-refractivity contribution is 9.10. The van der Waals surface area contributed by atoms with Gasteiger partial charge in [-0.25, -0.2) is 0 Å². The summed E-state index contributed by atoms with van der Waals surface area (Å²) in [5, 5.41) is 14.6. The minimum absolute atomic E-state index is 0.0481. The molecule has 0 radical (unpaired) electrons. The Morgan fingerprint density at radius 2 is 1.85 bits per heavy atom. The van der Waals surface area contributed by atoms with Crippen LogP contribution < -0.4 is 10.6 Å². The molecule has 0 bridgehead atoms. The van der Waals surface area contributed by atoms with Gasteiger partial charge < -0.3 is 15.7 Å². The Kier molecular flexibility index (Phi) is 5.68. The second-order valence-electron chi connectivity index (χ2n) is 5.72. The van der Waals surface area contributed by atoms with E-state index in [-0.39, 0.29) is 24.8 Å². The Hall–Kier alpha value is -2.97. The predicted molar refractivity (Wildman–Crippen MR) is 104 cm³/mol. The second-order valence-corrected chi connectivity index (χ2v) is 6.57. The van der Waals surface area contributed by atoms with Crippen LogP contribution in [0.3, 0.4) is 0 Å². The number of aliphatic hydroxyl groups is 1. The molecule has 0 atom stereocenters. The lowest BCUT2D eigenvalue weighted by Gasteiger charge is -2.14. The lowest BCUT2D eigenvalue weighted by Crippen LogP contribution is -2.34. The molecule has 1 aliphatic rings. The molecule has 0 aromatic heterocycles. The van der Waals surface area contributed by atoms with Crippen LogP contribution in [0.25, 0.3) is 0 Å². The SMILES string of the molecule is O=C(Nc1ccc(NC2=CC(=O)N(CCO)C2=O)cc1Br)c1ccccc1. The van der Waals surface area contributed by atoms with Crippen LogP contribution in [0, 0.1) is 0 Å². The van der Waals surface area contributed by atoms with Crippen molar-refractivity contribution in [2.24, 2.45) is 0 Å². The highest BCUT2D eigenvalue weighted by Gasteiger charge is 2.30. The fourth-order valence-electron chi connectivity index (χ4n) is 2.54. The second kappa shape index (κ2) is 8.15. The average molecular weight is 430 g/mol. The van der Waals surface area contributed by atoms with Gasteiger partial charge in [0.1, 0.15) is 5.70 Å². The standard InChI is InChI=1S/C19H16BrN3O4/c20-14-10-13(21-16-11-17(25)23(8-9-24)19(16)27)6-7-15(14)22-18(26)12-4-2-1-3-5-12/h1-7,10-11,21,24H,8-9H2,(H,22,26). The minimum Gasteiger partial charge on any atom is -0.395 e. The number of anilines is 2. The third-order valence-electron chi connectivity index (χ3n) is 3.87. The maximum absolute atomic E-state index is 12.2. The van der Waals surface area contributed by atoms with Crippen molar-refractivity contribution in [2.45, 2.75) is 0 Å². The van der Waals surface area contributed by atoms with Crippen LogP contribution >= 0.6 is 15.9 Å². The fourth-order valence-corrected chi connectivity index (χ4v) is 3.02. The van der Waals surface area contributed by atoms with Crippen LogP contribution in [0.2, 0.25) is 0 Å². The van der Waals surface area contributed by atoms with Gasteiger partial charge in [-0.2, -0.15) is 0 Å². The van der Waals surface area contributed by atoms with Crippen molar-refractivity contribution in [3.8, 4) is 0 Å². The van der Waals surface area contributed by atoms with E-state index in [9.17, 15) is 14.4 Å². The molecule has 1 heterocycles. The van der Waals surface area contributed by atoms with E-state index >= 15 is 0 Å². The van der Waals surface area contributed by atoms with Gasteiger partial charge in [0.15, 0.2) is 0 Å². The highest BCUT2D eigenvalue weighted by atomic mass is 79.9. The zero-order valence-electron chi connectivity index (χ0n) is 14.1. The fraction of sp³-hybridized carbons (Fsp3) is 0.105. The van der Waals surface area contributed by atoms with Gasteiger partial charge in [0.05, 0.1) is 18.8 Å². The van der Waals surface area contributed by atoms with E-state index in [2.05, 4.69) is 26.6 Å². The molecular formula is C19H16BrN3O4. The quantitative estimate of drug-likeness (QED) is 0.612. The van der Waals surface area contributed by atoms with Crippen LogP contribution in [0.1, 0.15) is 10.4 Å². The summed E-state index contributed by atoms with van der Waals surface area (Å²) in [6.45, 7) is -0.340. The van der Waals surface area contributed by atoms with Gasteiger partial charge in [-0.3, -0.25) is 19.3 Å². The number of benzene rings is 2. The summed E-state index contributed by atoms with van der Waals surface area (Å²) in [4.78, 5) is 37.1. The van der Waals surface area contributed by atoms with Crippen molar-refractivity contribution < 1.29 is 19.5 Å². The molecule has 27 heavy (non-hydrogen) atoms. The van der Waals surface area contributed by atoms with Crippen LogP contribution in [-0.4, -0.2) is 40.9 Å². The molecule has 2 aromatic carbocycles. The molecule has 3 N–H and O–H groups in total. The number of carbonyl (C=O) groups excluding carboxylic acids is 3. The van der Waals surface area contributed by atoms with Crippen LogP contribution in [0.4, 0.5) is 11.4 Å². The summed E-state index contributed by atoms with van der Waals surface area (Å²) in [6, 6.07) is 13.9. The van der Waals surface area contributed by atoms with E-state index in [4.69, 9.17) is 5.11 Å².